The van der Waals surface area contributed by atoms with Crippen molar-refractivity contribution in [3.05, 3.63) is 36.0 Å². The van der Waals surface area contributed by atoms with Gasteiger partial charge in [0.25, 0.3) is 0 Å². The lowest BCUT2D eigenvalue weighted by molar-refractivity contribution is -0.142. The average molecular weight is 504 g/mol. The lowest BCUT2D eigenvalue weighted by Crippen LogP contribution is -2.57. The molecule has 1 heterocycles. The zero-order chi connectivity index (χ0) is 27.0. The summed E-state index contributed by atoms with van der Waals surface area (Å²) < 4.78 is 0. The molecule has 0 saturated heterocycles. The Hall–Kier alpha value is -4.46. The van der Waals surface area contributed by atoms with Gasteiger partial charge in [0.15, 0.2) is 0 Å². The van der Waals surface area contributed by atoms with E-state index in [-0.39, 0.29) is 6.42 Å². The van der Waals surface area contributed by atoms with Crippen LogP contribution in [0.5, 0.6) is 0 Å². The predicted octanol–water partition coefficient (Wildman–Crippen LogP) is -2.65. The average Bonchev–Trinajstić information content (AvgIpc) is 3.19. The number of aliphatic carboxylic acids is 1. The number of para-hydroxylation sites is 1. The Balaban J connectivity index is 2.04. The summed E-state index contributed by atoms with van der Waals surface area (Å²) in [5.74, 6) is -5.75. The van der Waals surface area contributed by atoms with Gasteiger partial charge in [-0.15, -0.1) is 0 Å². The van der Waals surface area contributed by atoms with Gasteiger partial charge < -0.3 is 43.2 Å². The van der Waals surface area contributed by atoms with Gasteiger partial charge in [-0.2, -0.15) is 0 Å². The van der Waals surface area contributed by atoms with Crippen LogP contribution in [-0.4, -0.2) is 69.8 Å². The quantitative estimate of drug-likeness (QED) is 0.143. The Bertz CT molecular complexity index is 1160. The molecule has 1 aromatic heterocycles. The number of aromatic nitrogens is 1. The molecule has 0 aliphatic rings. The molecule has 0 bridgehead atoms. The molecule has 11 N–H and O–H groups in total. The van der Waals surface area contributed by atoms with E-state index in [0.29, 0.717) is 5.56 Å². The highest BCUT2D eigenvalue weighted by Gasteiger charge is 2.30. The number of amides is 5. The monoisotopic (exact) mass is 503 g/mol. The topological polar surface area (TPSA) is 253 Å². The second-order valence-corrected chi connectivity index (χ2v) is 8.20. The summed E-state index contributed by atoms with van der Waals surface area (Å²) in [6.45, 7) is 1.29. The molecule has 0 aliphatic heterocycles. The number of hydrogen-bond acceptors (Lipinski definition) is 7. The first-order valence-electron chi connectivity index (χ1n) is 10.9. The molecule has 1 aromatic carbocycles. The summed E-state index contributed by atoms with van der Waals surface area (Å²) in [5, 5.41) is 17.3. The normalized spacial score (nSPS) is 14.2. The molecule has 0 fully saturated rings. The Labute approximate surface area is 205 Å². The third-order valence-electron chi connectivity index (χ3n) is 5.26. The van der Waals surface area contributed by atoms with E-state index in [1.807, 2.05) is 18.2 Å². The van der Waals surface area contributed by atoms with Crippen molar-refractivity contribution in [3.8, 4) is 0 Å². The van der Waals surface area contributed by atoms with Gasteiger partial charge >= 0.3 is 5.97 Å². The number of aromatic amines is 1. The van der Waals surface area contributed by atoms with E-state index >= 15 is 0 Å². The van der Waals surface area contributed by atoms with Crippen molar-refractivity contribution in [2.24, 2.45) is 17.2 Å². The minimum atomic E-state index is -1.49. The molecule has 0 radical (unpaired) electrons. The van der Waals surface area contributed by atoms with Crippen LogP contribution < -0.4 is 33.2 Å². The van der Waals surface area contributed by atoms with Crippen LogP contribution in [0.1, 0.15) is 25.3 Å². The summed E-state index contributed by atoms with van der Waals surface area (Å²) in [7, 11) is 0. The number of carbonyl (C=O) groups excluding carboxylic acids is 5. The number of benzene rings is 1. The molecule has 5 amide bonds. The smallest absolute Gasteiger partial charge is 0.326 e. The number of nitrogens with two attached hydrogens (primary N) is 3. The van der Waals surface area contributed by atoms with E-state index in [1.165, 1.54) is 6.92 Å². The number of fused-ring (bicyclic) bond motifs is 1. The van der Waals surface area contributed by atoms with Gasteiger partial charge in [-0.05, 0) is 18.6 Å². The highest BCUT2D eigenvalue weighted by atomic mass is 16.4. The highest BCUT2D eigenvalue weighted by molar-refractivity contribution is 5.97. The minimum Gasteiger partial charge on any atom is -0.480 e. The maximum absolute atomic E-state index is 12.6. The molecule has 14 heteroatoms. The van der Waals surface area contributed by atoms with Gasteiger partial charge in [0.05, 0.1) is 18.9 Å². The molecule has 4 atom stereocenters. The van der Waals surface area contributed by atoms with Crippen LogP contribution in [0.4, 0.5) is 0 Å². The lowest BCUT2D eigenvalue weighted by atomic mass is 10.0. The number of primary amides is 2. The Kier molecular flexibility index (Phi) is 9.50. The third-order valence-corrected chi connectivity index (χ3v) is 5.26. The lowest BCUT2D eigenvalue weighted by Gasteiger charge is -2.22. The zero-order valence-electron chi connectivity index (χ0n) is 19.4. The first-order valence-corrected chi connectivity index (χ1v) is 10.9. The molecule has 0 aliphatic carbocycles. The molecular weight excluding hydrogens is 474 g/mol. The largest absolute Gasteiger partial charge is 0.480 e. The van der Waals surface area contributed by atoms with Crippen molar-refractivity contribution in [2.75, 3.05) is 0 Å². The minimum absolute atomic E-state index is 0.0239. The number of rotatable bonds is 13. The van der Waals surface area contributed by atoms with Gasteiger partial charge in [0, 0.05) is 23.5 Å². The number of carbonyl (C=O) groups is 6. The van der Waals surface area contributed by atoms with E-state index in [4.69, 9.17) is 17.2 Å². The van der Waals surface area contributed by atoms with Crippen LogP contribution in [0.3, 0.4) is 0 Å². The molecule has 4 unspecified atom stereocenters. The fourth-order valence-corrected chi connectivity index (χ4v) is 3.40. The fraction of sp³-hybridized carbons (Fsp3) is 0.364. The first-order chi connectivity index (χ1) is 16.9. The summed E-state index contributed by atoms with van der Waals surface area (Å²) in [4.78, 5) is 74.5. The SMILES string of the molecule is CC(NC(=O)C(CC(N)=O)NC(=O)C(N)CC(N)=O)C(=O)NC(Cc1c[nH]c2ccccc12)C(=O)O. The van der Waals surface area contributed by atoms with E-state index in [0.717, 1.165) is 10.9 Å². The molecule has 194 valence electrons. The van der Waals surface area contributed by atoms with Crippen molar-refractivity contribution in [1.29, 1.82) is 0 Å². The van der Waals surface area contributed by atoms with Crippen molar-refractivity contribution in [2.45, 2.75) is 50.4 Å². The predicted molar refractivity (Wildman–Crippen MR) is 127 cm³/mol. The van der Waals surface area contributed by atoms with Crippen molar-refractivity contribution >= 4 is 46.4 Å². The number of hydrogen-bond donors (Lipinski definition) is 8. The standard InChI is InChI=1S/C22H29N7O7/c1-10(27-21(34)15(8-18(25)31)28-20(33)13(23)7-17(24)30)19(32)29-16(22(35)36)6-11-9-26-14-5-3-2-4-12(11)14/h2-5,9-10,13,15-16,26H,6-8,23H2,1H3,(H2,24,30)(H2,25,31)(H,27,34)(H,28,33)(H,29,32)(H,35,36). The van der Waals surface area contributed by atoms with Crippen LogP contribution in [0.25, 0.3) is 10.9 Å². The van der Waals surface area contributed by atoms with Gasteiger partial charge in [-0.1, -0.05) is 18.2 Å². The van der Waals surface area contributed by atoms with E-state index < -0.39 is 72.5 Å². The fourth-order valence-electron chi connectivity index (χ4n) is 3.40. The molecule has 0 spiro atoms. The van der Waals surface area contributed by atoms with Crippen molar-refractivity contribution < 1.29 is 33.9 Å². The number of carboxylic acids is 1. The number of carboxylic acid groups (broad SMARTS) is 1. The number of H-pyrrole nitrogens is 1. The maximum Gasteiger partial charge on any atom is 0.326 e. The third kappa shape index (κ3) is 7.80. The molecule has 2 rings (SSSR count). The Morgan fingerprint density at radius 3 is 2.11 bits per heavy atom. The summed E-state index contributed by atoms with van der Waals surface area (Å²) >= 11 is 0. The zero-order valence-corrected chi connectivity index (χ0v) is 19.4. The van der Waals surface area contributed by atoms with Crippen LogP contribution in [0, 0.1) is 0 Å². The molecular formula is C22H29N7O7. The maximum atomic E-state index is 12.6. The molecule has 0 saturated carbocycles. The Morgan fingerprint density at radius 2 is 1.50 bits per heavy atom. The van der Waals surface area contributed by atoms with Crippen molar-refractivity contribution in [3.63, 3.8) is 0 Å². The van der Waals surface area contributed by atoms with Gasteiger partial charge in [0.2, 0.25) is 29.5 Å². The van der Waals surface area contributed by atoms with Crippen LogP contribution in [0.2, 0.25) is 0 Å². The molecule has 36 heavy (non-hydrogen) atoms. The summed E-state index contributed by atoms with van der Waals surface area (Å²) in [6, 6.07) is 1.85. The van der Waals surface area contributed by atoms with E-state index in [9.17, 15) is 33.9 Å². The molecule has 2 aromatic rings. The number of nitrogens with one attached hydrogen (secondary N) is 4. The van der Waals surface area contributed by atoms with Crippen molar-refractivity contribution in [1.82, 2.24) is 20.9 Å². The van der Waals surface area contributed by atoms with E-state index in [1.54, 1.807) is 12.3 Å². The second-order valence-electron chi connectivity index (χ2n) is 8.20. The Morgan fingerprint density at radius 1 is 0.889 bits per heavy atom. The summed E-state index contributed by atoms with van der Waals surface area (Å²) in [6.07, 6.45) is 0.512. The molecule has 14 nitrogen and oxygen atoms in total. The van der Waals surface area contributed by atoms with Crippen LogP contribution >= 0.6 is 0 Å². The van der Waals surface area contributed by atoms with Gasteiger partial charge in [-0.25, -0.2) is 4.79 Å². The second kappa shape index (κ2) is 12.3. The van der Waals surface area contributed by atoms with Crippen LogP contribution in [-0.2, 0) is 35.2 Å². The van der Waals surface area contributed by atoms with Gasteiger partial charge in [-0.3, -0.25) is 24.0 Å². The van der Waals surface area contributed by atoms with E-state index in [2.05, 4.69) is 20.9 Å². The first kappa shape index (κ1) is 27.8. The van der Waals surface area contributed by atoms with Gasteiger partial charge in [0.1, 0.15) is 18.1 Å². The summed E-state index contributed by atoms with van der Waals surface area (Å²) in [5.41, 5.74) is 17.1. The highest BCUT2D eigenvalue weighted by Crippen LogP contribution is 2.19. The van der Waals surface area contributed by atoms with Crippen LogP contribution in [0.15, 0.2) is 30.5 Å².